The molecular formula is C17H20O4. The normalized spacial score (nSPS) is 20.0. The monoisotopic (exact) mass is 288 g/mol. The standard InChI is InChI=1S/C17H20O4/c1-20-16(18)14-11-7-8-12-15(14)17(19)21-13-9-5-3-2-4-6-10-13/h3,5,7-8,11-13H,2,4,6,9-10H2,1H3/b5-3-. The number of ether oxygens (including phenoxy) is 2. The second-order valence-electron chi connectivity index (χ2n) is 5.06. The molecule has 2 rings (SSSR count). The molecule has 112 valence electrons. The summed E-state index contributed by atoms with van der Waals surface area (Å²) in [5.74, 6) is -0.991. The Balaban J connectivity index is 2.11. The summed E-state index contributed by atoms with van der Waals surface area (Å²) < 4.78 is 10.2. The van der Waals surface area contributed by atoms with Crippen LogP contribution in [0, 0.1) is 0 Å². The molecule has 0 aromatic heterocycles. The minimum Gasteiger partial charge on any atom is -0.465 e. The van der Waals surface area contributed by atoms with E-state index in [4.69, 9.17) is 9.47 Å². The summed E-state index contributed by atoms with van der Waals surface area (Å²) in [6.45, 7) is 0. The van der Waals surface area contributed by atoms with Crippen molar-refractivity contribution < 1.29 is 19.1 Å². The van der Waals surface area contributed by atoms with Crippen LogP contribution in [-0.4, -0.2) is 25.2 Å². The van der Waals surface area contributed by atoms with Crippen LogP contribution in [0.3, 0.4) is 0 Å². The van der Waals surface area contributed by atoms with Crippen LogP contribution in [0.4, 0.5) is 0 Å². The molecule has 0 aliphatic heterocycles. The Labute approximate surface area is 124 Å². The molecule has 1 aromatic carbocycles. The lowest BCUT2D eigenvalue weighted by atomic mass is 10.0. The van der Waals surface area contributed by atoms with Gasteiger partial charge in [-0.2, -0.15) is 0 Å². The highest BCUT2D eigenvalue weighted by atomic mass is 16.5. The molecule has 4 heteroatoms. The molecule has 0 N–H and O–H groups in total. The summed E-state index contributed by atoms with van der Waals surface area (Å²) in [6, 6.07) is 6.57. The first-order valence-electron chi connectivity index (χ1n) is 7.25. The molecule has 21 heavy (non-hydrogen) atoms. The second kappa shape index (κ2) is 7.62. The zero-order valence-electron chi connectivity index (χ0n) is 12.2. The Hall–Kier alpha value is -2.10. The van der Waals surface area contributed by atoms with Gasteiger partial charge in [0.2, 0.25) is 0 Å². The van der Waals surface area contributed by atoms with E-state index in [1.54, 1.807) is 24.3 Å². The van der Waals surface area contributed by atoms with E-state index < -0.39 is 11.9 Å². The maximum atomic E-state index is 12.3. The van der Waals surface area contributed by atoms with Crippen LogP contribution in [-0.2, 0) is 9.47 Å². The number of carbonyl (C=O) groups excluding carboxylic acids is 2. The first-order chi connectivity index (χ1) is 10.2. The molecule has 0 bridgehead atoms. The lowest BCUT2D eigenvalue weighted by Crippen LogP contribution is -2.20. The van der Waals surface area contributed by atoms with E-state index >= 15 is 0 Å². The van der Waals surface area contributed by atoms with E-state index in [0.717, 1.165) is 32.1 Å². The van der Waals surface area contributed by atoms with Crippen molar-refractivity contribution in [2.45, 2.75) is 38.2 Å². The molecule has 0 amide bonds. The zero-order valence-corrected chi connectivity index (χ0v) is 12.2. The van der Waals surface area contributed by atoms with Gasteiger partial charge in [-0.1, -0.05) is 24.3 Å². The fourth-order valence-electron chi connectivity index (χ4n) is 2.39. The van der Waals surface area contributed by atoms with Crippen molar-refractivity contribution in [3.63, 3.8) is 0 Å². The van der Waals surface area contributed by atoms with Crippen LogP contribution < -0.4 is 0 Å². The van der Waals surface area contributed by atoms with Crippen LogP contribution in [0.5, 0.6) is 0 Å². The van der Waals surface area contributed by atoms with E-state index in [9.17, 15) is 9.59 Å². The van der Waals surface area contributed by atoms with Crippen LogP contribution in [0.2, 0.25) is 0 Å². The molecule has 1 aliphatic carbocycles. The Bertz CT molecular complexity index is 533. The van der Waals surface area contributed by atoms with Crippen molar-refractivity contribution >= 4 is 11.9 Å². The summed E-state index contributed by atoms with van der Waals surface area (Å²) >= 11 is 0. The average Bonchev–Trinajstić information content (AvgIpc) is 2.49. The molecule has 1 unspecified atom stereocenters. The molecule has 1 atom stereocenters. The quantitative estimate of drug-likeness (QED) is 0.631. The van der Waals surface area contributed by atoms with E-state index in [0.29, 0.717) is 0 Å². The van der Waals surface area contributed by atoms with E-state index in [-0.39, 0.29) is 17.2 Å². The van der Waals surface area contributed by atoms with Crippen LogP contribution in [0.25, 0.3) is 0 Å². The number of benzene rings is 1. The molecule has 0 fully saturated rings. The number of hydrogen-bond donors (Lipinski definition) is 0. The maximum Gasteiger partial charge on any atom is 0.339 e. The summed E-state index contributed by atoms with van der Waals surface area (Å²) in [6.07, 6.45) is 8.89. The SMILES string of the molecule is COC(=O)c1ccccc1C(=O)OC1C/C=C\CCCC1. The third-order valence-electron chi connectivity index (χ3n) is 3.54. The van der Waals surface area contributed by atoms with Gasteiger partial charge in [0.15, 0.2) is 0 Å². The van der Waals surface area contributed by atoms with Crippen molar-refractivity contribution in [3.05, 3.63) is 47.5 Å². The largest absolute Gasteiger partial charge is 0.465 e. The molecular weight excluding hydrogens is 268 g/mol. The van der Waals surface area contributed by atoms with Crippen molar-refractivity contribution in [2.75, 3.05) is 7.11 Å². The smallest absolute Gasteiger partial charge is 0.339 e. The van der Waals surface area contributed by atoms with Crippen molar-refractivity contribution in [2.24, 2.45) is 0 Å². The fourth-order valence-corrected chi connectivity index (χ4v) is 2.39. The number of allylic oxidation sites excluding steroid dienone is 1. The third kappa shape index (κ3) is 4.18. The molecule has 0 saturated carbocycles. The maximum absolute atomic E-state index is 12.3. The molecule has 0 spiro atoms. The van der Waals surface area contributed by atoms with Gasteiger partial charge in [-0.3, -0.25) is 0 Å². The van der Waals surface area contributed by atoms with Gasteiger partial charge < -0.3 is 9.47 Å². The summed E-state index contributed by atoms with van der Waals surface area (Å²) in [4.78, 5) is 24.0. The summed E-state index contributed by atoms with van der Waals surface area (Å²) in [7, 11) is 1.30. The summed E-state index contributed by atoms with van der Waals surface area (Å²) in [5, 5.41) is 0. The fraction of sp³-hybridized carbons (Fsp3) is 0.412. The highest BCUT2D eigenvalue weighted by Crippen LogP contribution is 2.18. The Morgan fingerprint density at radius 1 is 1.05 bits per heavy atom. The molecule has 0 saturated heterocycles. The number of rotatable bonds is 3. The number of methoxy groups -OCH3 is 1. The number of esters is 2. The van der Waals surface area contributed by atoms with Gasteiger partial charge in [0.25, 0.3) is 0 Å². The predicted molar refractivity (Wildman–Crippen MR) is 79.2 cm³/mol. The van der Waals surface area contributed by atoms with E-state index in [1.807, 2.05) is 0 Å². The van der Waals surface area contributed by atoms with Gasteiger partial charge in [-0.05, 0) is 37.8 Å². The van der Waals surface area contributed by atoms with Gasteiger partial charge in [-0.25, -0.2) is 9.59 Å². The van der Waals surface area contributed by atoms with Gasteiger partial charge in [0, 0.05) is 6.42 Å². The highest BCUT2D eigenvalue weighted by Gasteiger charge is 2.21. The van der Waals surface area contributed by atoms with Crippen LogP contribution >= 0.6 is 0 Å². The van der Waals surface area contributed by atoms with Gasteiger partial charge in [0.05, 0.1) is 18.2 Å². The van der Waals surface area contributed by atoms with Crippen molar-refractivity contribution in [3.8, 4) is 0 Å². The number of hydrogen-bond acceptors (Lipinski definition) is 4. The highest BCUT2D eigenvalue weighted by molar-refractivity contribution is 6.03. The van der Waals surface area contributed by atoms with E-state index in [2.05, 4.69) is 12.2 Å². The zero-order chi connectivity index (χ0) is 15.1. The molecule has 0 radical (unpaired) electrons. The first-order valence-corrected chi connectivity index (χ1v) is 7.25. The van der Waals surface area contributed by atoms with E-state index in [1.165, 1.54) is 7.11 Å². The summed E-state index contributed by atoms with van der Waals surface area (Å²) in [5.41, 5.74) is 0.502. The van der Waals surface area contributed by atoms with Gasteiger partial charge >= 0.3 is 11.9 Å². The van der Waals surface area contributed by atoms with Crippen molar-refractivity contribution in [1.82, 2.24) is 0 Å². The number of carbonyl (C=O) groups is 2. The molecule has 4 nitrogen and oxygen atoms in total. The van der Waals surface area contributed by atoms with Crippen LogP contribution in [0.15, 0.2) is 36.4 Å². The lowest BCUT2D eigenvalue weighted by molar-refractivity contribution is 0.0274. The van der Waals surface area contributed by atoms with Crippen LogP contribution in [0.1, 0.15) is 52.8 Å². The van der Waals surface area contributed by atoms with Crippen molar-refractivity contribution in [1.29, 1.82) is 0 Å². The Morgan fingerprint density at radius 3 is 2.48 bits per heavy atom. The minimum absolute atomic E-state index is 0.125. The molecule has 1 aliphatic rings. The lowest BCUT2D eigenvalue weighted by Gasteiger charge is -2.18. The topological polar surface area (TPSA) is 52.6 Å². The third-order valence-corrected chi connectivity index (χ3v) is 3.54. The van der Waals surface area contributed by atoms with Gasteiger partial charge in [0.1, 0.15) is 6.10 Å². The Kier molecular flexibility index (Phi) is 5.55. The molecule has 0 heterocycles. The Morgan fingerprint density at radius 2 is 1.76 bits per heavy atom. The average molecular weight is 288 g/mol. The minimum atomic E-state index is -0.528. The predicted octanol–water partition coefficient (Wildman–Crippen LogP) is 3.52. The first kappa shape index (κ1) is 15.3. The van der Waals surface area contributed by atoms with Gasteiger partial charge in [-0.15, -0.1) is 0 Å². The second-order valence-corrected chi connectivity index (χ2v) is 5.06. The molecule has 1 aromatic rings.